The second kappa shape index (κ2) is 12.3. The van der Waals surface area contributed by atoms with E-state index in [0.717, 1.165) is 11.4 Å². The van der Waals surface area contributed by atoms with Crippen LogP contribution in [0.25, 0.3) is 0 Å². The van der Waals surface area contributed by atoms with Crippen LogP contribution in [0.15, 0.2) is 11.4 Å². The van der Waals surface area contributed by atoms with Gasteiger partial charge < -0.3 is 10.4 Å². The van der Waals surface area contributed by atoms with Crippen LogP contribution < -0.4 is 5.32 Å². The third-order valence-electron chi connectivity index (χ3n) is 4.07. The molecule has 0 aliphatic carbocycles. The molecule has 0 aromatic carbocycles. The van der Waals surface area contributed by atoms with E-state index in [9.17, 15) is 5.11 Å². The highest BCUT2D eigenvalue weighted by atomic mass is 35.5. The minimum Gasteiger partial charge on any atom is -0.386 e. The highest BCUT2D eigenvalue weighted by molar-refractivity contribution is 7.10. The standard InChI is InChI=1S/C18H33NOS.ClH/c1-5-6-7-8-9-10-11-19-15(4)18(20)17-12-16(13-21-17)14(2)3;/h12-15,18-20H,5-11H2,1-4H3;1H. The first-order valence-corrected chi connectivity index (χ1v) is 9.44. The predicted molar refractivity (Wildman–Crippen MR) is 101 cm³/mol. The quantitative estimate of drug-likeness (QED) is 0.506. The fourth-order valence-electron chi connectivity index (χ4n) is 2.42. The second-order valence-electron chi connectivity index (χ2n) is 6.39. The average Bonchev–Trinajstić information content (AvgIpc) is 2.95. The third kappa shape index (κ3) is 7.96. The molecule has 0 amide bonds. The smallest absolute Gasteiger partial charge is 0.103 e. The molecule has 0 spiro atoms. The van der Waals surface area contributed by atoms with Crippen molar-refractivity contribution in [2.45, 2.75) is 84.3 Å². The summed E-state index contributed by atoms with van der Waals surface area (Å²) >= 11 is 1.68. The van der Waals surface area contributed by atoms with Crippen molar-refractivity contribution in [2.24, 2.45) is 0 Å². The molecule has 2 N–H and O–H groups in total. The molecule has 130 valence electrons. The van der Waals surface area contributed by atoms with Crippen molar-refractivity contribution in [3.05, 3.63) is 21.9 Å². The lowest BCUT2D eigenvalue weighted by Gasteiger charge is -2.19. The van der Waals surface area contributed by atoms with Crippen molar-refractivity contribution in [3.63, 3.8) is 0 Å². The number of hydrogen-bond donors (Lipinski definition) is 2. The summed E-state index contributed by atoms with van der Waals surface area (Å²) in [7, 11) is 0. The summed E-state index contributed by atoms with van der Waals surface area (Å²) in [6.45, 7) is 9.72. The molecule has 1 aromatic heterocycles. The fourth-order valence-corrected chi connectivity index (χ4v) is 3.58. The van der Waals surface area contributed by atoms with Gasteiger partial charge >= 0.3 is 0 Å². The molecule has 22 heavy (non-hydrogen) atoms. The van der Waals surface area contributed by atoms with Crippen molar-refractivity contribution < 1.29 is 5.11 Å². The predicted octanol–water partition coefficient (Wildman–Crippen LogP) is 5.67. The maximum absolute atomic E-state index is 10.4. The molecular weight excluding hydrogens is 314 g/mol. The van der Waals surface area contributed by atoms with Crippen LogP contribution in [0.5, 0.6) is 0 Å². The van der Waals surface area contributed by atoms with Gasteiger partial charge in [-0.15, -0.1) is 23.7 Å². The number of hydrogen-bond acceptors (Lipinski definition) is 3. The van der Waals surface area contributed by atoms with Crippen LogP contribution in [0.2, 0.25) is 0 Å². The molecule has 2 atom stereocenters. The Morgan fingerprint density at radius 2 is 1.73 bits per heavy atom. The molecule has 0 saturated heterocycles. The van der Waals surface area contributed by atoms with Gasteiger partial charge in [0.25, 0.3) is 0 Å². The first-order valence-electron chi connectivity index (χ1n) is 8.56. The number of halogens is 1. The Bertz CT molecular complexity index is 381. The van der Waals surface area contributed by atoms with E-state index in [2.05, 4.69) is 44.5 Å². The van der Waals surface area contributed by atoms with E-state index < -0.39 is 0 Å². The molecule has 0 radical (unpaired) electrons. The molecule has 2 unspecified atom stereocenters. The van der Waals surface area contributed by atoms with E-state index in [0.29, 0.717) is 5.92 Å². The van der Waals surface area contributed by atoms with E-state index in [4.69, 9.17) is 0 Å². The largest absolute Gasteiger partial charge is 0.386 e. The zero-order valence-electron chi connectivity index (χ0n) is 14.6. The van der Waals surface area contributed by atoms with Gasteiger partial charge in [0.1, 0.15) is 6.10 Å². The van der Waals surface area contributed by atoms with Crippen LogP contribution in [-0.2, 0) is 0 Å². The summed E-state index contributed by atoms with van der Waals surface area (Å²) in [6.07, 6.45) is 7.49. The minimum absolute atomic E-state index is 0. The lowest BCUT2D eigenvalue weighted by Crippen LogP contribution is -2.32. The number of thiophene rings is 1. The number of aliphatic hydroxyl groups is 1. The summed E-state index contributed by atoms with van der Waals surface area (Å²) in [6, 6.07) is 2.28. The number of aliphatic hydroxyl groups excluding tert-OH is 1. The zero-order chi connectivity index (χ0) is 15.7. The van der Waals surface area contributed by atoms with E-state index >= 15 is 0 Å². The molecule has 0 fully saturated rings. The molecular formula is C18H34ClNOS. The van der Waals surface area contributed by atoms with Crippen LogP contribution in [0.1, 0.15) is 88.7 Å². The molecule has 1 rings (SSSR count). The first-order chi connectivity index (χ1) is 10.1. The van der Waals surface area contributed by atoms with E-state index in [1.54, 1.807) is 11.3 Å². The highest BCUT2D eigenvalue weighted by Gasteiger charge is 2.18. The third-order valence-corrected chi connectivity index (χ3v) is 5.09. The van der Waals surface area contributed by atoms with Crippen molar-refractivity contribution in [1.82, 2.24) is 5.32 Å². The Labute approximate surface area is 147 Å². The Morgan fingerprint density at radius 1 is 1.09 bits per heavy atom. The maximum atomic E-state index is 10.4. The van der Waals surface area contributed by atoms with Crippen LogP contribution in [0.3, 0.4) is 0 Å². The van der Waals surface area contributed by atoms with Crippen molar-refractivity contribution >= 4 is 23.7 Å². The van der Waals surface area contributed by atoms with Crippen LogP contribution in [0.4, 0.5) is 0 Å². The van der Waals surface area contributed by atoms with Gasteiger partial charge in [0.05, 0.1) is 0 Å². The van der Waals surface area contributed by atoms with E-state index in [1.807, 2.05) is 0 Å². The number of nitrogens with one attached hydrogen (secondary N) is 1. The monoisotopic (exact) mass is 347 g/mol. The zero-order valence-corrected chi connectivity index (χ0v) is 16.2. The molecule has 1 heterocycles. The van der Waals surface area contributed by atoms with Crippen LogP contribution in [0, 0.1) is 0 Å². The van der Waals surface area contributed by atoms with Gasteiger partial charge in [-0.3, -0.25) is 0 Å². The average molecular weight is 348 g/mol. The van der Waals surface area contributed by atoms with Gasteiger partial charge in [0, 0.05) is 10.9 Å². The van der Waals surface area contributed by atoms with E-state index in [-0.39, 0.29) is 24.6 Å². The van der Waals surface area contributed by atoms with Gasteiger partial charge in [-0.25, -0.2) is 0 Å². The van der Waals surface area contributed by atoms with Crippen molar-refractivity contribution in [1.29, 1.82) is 0 Å². The van der Waals surface area contributed by atoms with Gasteiger partial charge in [-0.05, 0) is 42.8 Å². The maximum Gasteiger partial charge on any atom is 0.103 e. The fraction of sp³-hybridized carbons (Fsp3) is 0.778. The minimum atomic E-state index is -0.386. The Balaban J connectivity index is 0.00000441. The Kier molecular flexibility index (Phi) is 12.3. The van der Waals surface area contributed by atoms with Crippen molar-refractivity contribution in [2.75, 3.05) is 6.54 Å². The summed E-state index contributed by atoms with van der Waals surface area (Å²) in [4.78, 5) is 1.08. The number of rotatable bonds is 11. The van der Waals surface area contributed by atoms with Crippen LogP contribution >= 0.6 is 23.7 Å². The SMILES string of the molecule is CCCCCCCCNC(C)C(O)c1cc(C(C)C)cs1.Cl. The first kappa shape index (κ1) is 21.9. The molecule has 0 aliphatic rings. The summed E-state index contributed by atoms with van der Waals surface area (Å²) in [5.41, 5.74) is 1.33. The van der Waals surface area contributed by atoms with Crippen LogP contribution in [-0.4, -0.2) is 17.7 Å². The molecule has 0 bridgehead atoms. The summed E-state index contributed by atoms with van der Waals surface area (Å²) in [5.74, 6) is 0.536. The lowest BCUT2D eigenvalue weighted by molar-refractivity contribution is 0.139. The van der Waals surface area contributed by atoms with Gasteiger partial charge in [0.2, 0.25) is 0 Å². The molecule has 0 saturated carbocycles. The highest BCUT2D eigenvalue weighted by Crippen LogP contribution is 2.28. The van der Waals surface area contributed by atoms with E-state index in [1.165, 1.54) is 44.1 Å². The molecule has 1 aromatic rings. The Morgan fingerprint density at radius 3 is 2.32 bits per heavy atom. The molecule has 4 heteroatoms. The summed E-state index contributed by atoms with van der Waals surface area (Å²) in [5, 5.41) is 16.0. The number of unbranched alkanes of at least 4 members (excludes halogenated alkanes) is 5. The van der Waals surface area contributed by atoms with Gasteiger partial charge in [0.15, 0.2) is 0 Å². The van der Waals surface area contributed by atoms with Gasteiger partial charge in [-0.1, -0.05) is 52.9 Å². The molecule has 2 nitrogen and oxygen atoms in total. The normalized spacial score (nSPS) is 13.9. The summed E-state index contributed by atoms with van der Waals surface area (Å²) < 4.78 is 0. The van der Waals surface area contributed by atoms with Crippen molar-refractivity contribution in [3.8, 4) is 0 Å². The van der Waals surface area contributed by atoms with Gasteiger partial charge in [-0.2, -0.15) is 0 Å². The second-order valence-corrected chi connectivity index (χ2v) is 7.34. The Hall–Kier alpha value is -0.0900. The lowest BCUT2D eigenvalue weighted by atomic mass is 10.0. The topological polar surface area (TPSA) is 32.3 Å². The molecule has 0 aliphatic heterocycles.